The Morgan fingerprint density at radius 3 is 2.65 bits per heavy atom. The van der Waals surface area contributed by atoms with Crippen molar-refractivity contribution in [3.8, 4) is 11.4 Å². The van der Waals surface area contributed by atoms with Crippen LogP contribution in [0, 0.1) is 5.41 Å². The second-order valence-electron chi connectivity index (χ2n) is 9.43. The normalized spacial score (nSPS) is 15.9. The van der Waals surface area contributed by atoms with Gasteiger partial charge in [0.25, 0.3) is 5.91 Å². The molecule has 3 aromatic heterocycles. The number of fused-ring (bicyclic) bond motifs is 1. The van der Waals surface area contributed by atoms with Crippen molar-refractivity contribution in [2.24, 2.45) is 5.41 Å². The summed E-state index contributed by atoms with van der Waals surface area (Å²) in [5, 5.41) is 30.9. The molecule has 0 spiro atoms. The summed E-state index contributed by atoms with van der Waals surface area (Å²) < 4.78 is 1.73. The lowest BCUT2D eigenvalue weighted by atomic mass is 9.87. The smallest absolute Gasteiger partial charge is 0.404 e. The van der Waals surface area contributed by atoms with Crippen LogP contribution < -0.4 is 10.6 Å². The molecule has 4 N–H and O–H groups in total. The van der Waals surface area contributed by atoms with Crippen LogP contribution in [0.3, 0.4) is 0 Å². The minimum absolute atomic E-state index is 0.0981. The molecule has 34 heavy (non-hydrogen) atoms. The highest BCUT2D eigenvalue weighted by Gasteiger charge is 2.28. The Labute approximate surface area is 200 Å². The number of carbonyl (C=O) groups is 2. The summed E-state index contributed by atoms with van der Waals surface area (Å²) in [6.45, 7) is 6.79. The largest absolute Gasteiger partial charge is 0.465 e. The van der Waals surface area contributed by atoms with Gasteiger partial charge >= 0.3 is 6.09 Å². The fraction of sp³-hybridized carbons (Fsp3) is 0.500. The average molecular weight is 488 g/mol. The lowest BCUT2D eigenvalue weighted by molar-refractivity contribution is 0.0700. The van der Waals surface area contributed by atoms with Crippen LogP contribution in [0.15, 0.2) is 23.8 Å². The molecule has 3 aromatic rings. The van der Waals surface area contributed by atoms with Crippen molar-refractivity contribution in [2.45, 2.75) is 45.7 Å². The van der Waals surface area contributed by atoms with Crippen molar-refractivity contribution in [3.05, 3.63) is 29.5 Å². The van der Waals surface area contributed by atoms with E-state index in [1.165, 1.54) is 11.3 Å². The Kier molecular flexibility index (Phi) is 6.71. The molecular formula is C22H29N7O4S. The zero-order valence-corrected chi connectivity index (χ0v) is 20.2. The Morgan fingerprint density at radius 2 is 2.00 bits per heavy atom. The number of aliphatic hydroxyl groups excluding tert-OH is 1. The van der Waals surface area contributed by atoms with E-state index in [1.807, 2.05) is 32.3 Å². The molecule has 11 nitrogen and oxygen atoms in total. The molecule has 2 amide bonds. The molecule has 0 aromatic carbocycles. The number of likely N-dealkylation sites (tertiary alicyclic amines) is 1. The summed E-state index contributed by atoms with van der Waals surface area (Å²) in [6, 6.07) is 1.15. The van der Waals surface area contributed by atoms with Gasteiger partial charge in [-0.2, -0.15) is 5.10 Å². The van der Waals surface area contributed by atoms with Crippen LogP contribution in [-0.4, -0.2) is 78.5 Å². The zero-order valence-electron chi connectivity index (χ0n) is 19.4. The number of piperidine rings is 1. The molecule has 0 saturated carbocycles. The van der Waals surface area contributed by atoms with E-state index in [-0.39, 0.29) is 35.7 Å². The number of carbonyl (C=O) groups excluding carboxylic acids is 1. The molecule has 1 atom stereocenters. The van der Waals surface area contributed by atoms with Crippen molar-refractivity contribution >= 4 is 34.0 Å². The molecule has 0 unspecified atom stereocenters. The Hall–Kier alpha value is -3.25. The minimum atomic E-state index is -1.06. The number of nitrogens with one attached hydrogen (secondary N) is 2. The Balaban J connectivity index is 1.65. The number of carboxylic acid groups (broad SMARTS) is 1. The number of hydrogen-bond acceptors (Lipinski definition) is 8. The van der Waals surface area contributed by atoms with Crippen molar-refractivity contribution < 1.29 is 19.8 Å². The first-order valence-corrected chi connectivity index (χ1v) is 12.0. The lowest BCUT2D eigenvalue weighted by Gasteiger charge is -2.32. The van der Waals surface area contributed by atoms with Gasteiger partial charge in [0, 0.05) is 36.8 Å². The van der Waals surface area contributed by atoms with E-state index in [2.05, 4.69) is 25.7 Å². The van der Waals surface area contributed by atoms with Crippen LogP contribution in [0.2, 0.25) is 0 Å². The van der Waals surface area contributed by atoms with Gasteiger partial charge in [-0.15, -0.1) is 11.3 Å². The highest BCUT2D eigenvalue weighted by Crippen LogP contribution is 2.28. The molecular weight excluding hydrogens is 458 g/mol. The standard InChI is InChI=1S/C22H29N7O4S/c1-22(2,3)16(12-30)26-17-10-15(19(31)28-6-4-13(5-7-28)24-21(32)33)25-18(27-17)14-11-23-29-8-9-34-20(14)29/h8-11,13,16,24,30H,4-7,12H2,1-3H3,(H,32,33)(H,25,26,27)/t16-/m1/s1. The molecule has 0 bridgehead atoms. The van der Waals surface area contributed by atoms with E-state index in [4.69, 9.17) is 5.11 Å². The van der Waals surface area contributed by atoms with Gasteiger partial charge in [0.1, 0.15) is 16.3 Å². The first-order valence-electron chi connectivity index (χ1n) is 11.1. The molecule has 0 aliphatic carbocycles. The molecule has 1 aliphatic heterocycles. The van der Waals surface area contributed by atoms with Crippen LogP contribution in [-0.2, 0) is 0 Å². The Morgan fingerprint density at radius 1 is 1.26 bits per heavy atom. The number of amides is 2. The van der Waals surface area contributed by atoms with Crippen molar-refractivity contribution in [1.29, 1.82) is 0 Å². The molecule has 1 aliphatic rings. The van der Waals surface area contributed by atoms with E-state index in [0.29, 0.717) is 43.1 Å². The van der Waals surface area contributed by atoms with Crippen molar-refractivity contribution in [3.63, 3.8) is 0 Å². The number of nitrogens with zero attached hydrogens (tertiary/aromatic N) is 5. The van der Waals surface area contributed by atoms with Gasteiger partial charge in [0.05, 0.1) is 24.4 Å². The van der Waals surface area contributed by atoms with Crippen LogP contribution in [0.1, 0.15) is 44.1 Å². The van der Waals surface area contributed by atoms with E-state index < -0.39 is 6.09 Å². The van der Waals surface area contributed by atoms with Gasteiger partial charge in [0.15, 0.2) is 5.82 Å². The quantitative estimate of drug-likeness (QED) is 0.415. The molecule has 1 saturated heterocycles. The number of aliphatic hydroxyl groups is 1. The summed E-state index contributed by atoms with van der Waals surface area (Å²) in [5.74, 6) is 0.575. The van der Waals surface area contributed by atoms with Gasteiger partial charge in [0.2, 0.25) is 0 Å². The van der Waals surface area contributed by atoms with Crippen LogP contribution >= 0.6 is 11.3 Å². The number of anilines is 1. The monoisotopic (exact) mass is 487 g/mol. The van der Waals surface area contributed by atoms with Crippen molar-refractivity contribution in [1.82, 2.24) is 29.8 Å². The number of thiazole rings is 1. The van der Waals surface area contributed by atoms with Gasteiger partial charge in [-0.1, -0.05) is 20.8 Å². The molecule has 12 heteroatoms. The summed E-state index contributed by atoms with van der Waals surface area (Å²) in [6.07, 6.45) is 3.54. The van der Waals surface area contributed by atoms with Crippen molar-refractivity contribution in [2.75, 3.05) is 25.0 Å². The number of hydrogen-bond donors (Lipinski definition) is 4. The highest BCUT2D eigenvalue weighted by molar-refractivity contribution is 7.16. The molecule has 4 rings (SSSR count). The van der Waals surface area contributed by atoms with Crippen LogP contribution in [0.25, 0.3) is 16.2 Å². The predicted molar refractivity (Wildman–Crippen MR) is 128 cm³/mol. The maximum atomic E-state index is 13.4. The second-order valence-corrected chi connectivity index (χ2v) is 10.3. The maximum Gasteiger partial charge on any atom is 0.404 e. The number of rotatable bonds is 6. The fourth-order valence-electron chi connectivity index (χ4n) is 3.91. The first kappa shape index (κ1) is 23.9. The van der Waals surface area contributed by atoms with Gasteiger partial charge in [-0.25, -0.2) is 19.3 Å². The van der Waals surface area contributed by atoms with Gasteiger partial charge in [-0.05, 0) is 18.3 Å². The highest BCUT2D eigenvalue weighted by atomic mass is 32.1. The fourth-order valence-corrected chi connectivity index (χ4v) is 4.70. The lowest BCUT2D eigenvalue weighted by Crippen LogP contribution is -2.46. The summed E-state index contributed by atoms with van der Waals surface area (Å²) >= 11 is 1.50. The summed E-state index contributed by atoms with van der Waals surface area (Å²) in [7, 11) is 0. The molecule has 182 valence electrons. The Bertz CT molecular complexity index is 1180. The zero-order chi connectivity index (χ0) is 24.5. The molecule has 1 fully saturated rings. The number of aromatic nitrogens is 4. The minimum Gasteiger partial charge on any atom is -0.465 e. The molecule has 0 radical (unpaired) electrons. The summed E-state index contributed by atoms with van der Waals surface area (Å²) in [4.78, 5) is 36.1. The van der Waals surface area contributed by atoms with E-state index >= 15 is 0 Å². The van der Waals surface area contributed by atoms with E-state index in [9.17, 15) is 14.7 Å². The maximum absolute atomic E-state index is 13.4. The topological polar surface area (TPSA) is 145 Å². The third-order valence-electron chi connectivity index (χ3n) is 5.98. The summed E-state index contributed by atoms with van der Waals surface area (Å²) in [5.41, 5.74) is 0.703. The third-order valence-corrected chi connectivity index (χ3v) is 6.87. The first-order chi connectivity index (χ1) is 16.2. The second kappa shape index (κ2) is 9.55. The molecule has 4 heterocycles. The third kappa shape index (κ3) is 5.12. The van der Waals surface area contributed by atoms with E-state index in [0.717, 1.165) is 4.83 Å². The van der Waals surface area contributed by atoms with Gasteiger partial charge in [-0.3, -0.25) is 4.79 Å². The van der Waals surface area contributed by atoms with Crippen LogP contribution in [0.5, 0.6) is 0 Å². The van der Waals surface area contributed by atoms with Crippen LogP contribution in [0.4, 0.5) is 10.6 Å². The van der Waals surface area contributed by atoms with Gasteiger partial charge < -0.3 is 25.7 Å². The van der Waals surface area contributed by atoms with E-state index in [1.54, 1.807) is 21.7 Å². The SMILES string of the molecule is CC(C)(C)[C@@H](CO)Nc1cc(C(=O)N2CCC(NC(=O)O)CC2)nc(-c2cnn3ccsc23)n1. The predicted octanol–water partition coefficient (Wildman–Crippen LogP) is 2.54. The average Bonchev–Trinajstić information content (AvgIpc) is 3.40.